The van der Waals surface area contributed by atoms with Crippen molar-refractivity contribution in [1.29, 1.82) is 0 Å². The van der Waals surface area contributed by atoms with E-state index < -0.39 is 22.5 Å². The second-order valence-corrected chi connectivity index (χ2v) is 9.48. The number of methoxy groups -OCH3 is 1. The molecule has 2 amide bonds. The number of ether oxygens (including phenoxy) is 1. The van der Waals surface area contributed by atoms with Gasteiger partial charge in [0, 0.05) is 23.3 Å². The molecule has 0 fully saturated rings. The first kappa shape index (κ1) is 24.2. The third kappa shape index (κ3) is 6.10. The van der Waals surface area contributed by atoms with Crippen LogP contribution in [0.15, 0.2) is 77.7 Å². The van der Waals surface area contributed by atoms with Gasteiger partial charge in [-0.25, -0.2) is 8.42 Å². The number of hydrogen-bond donors (Lipinski definition) is 2. The average Bonchev–Trinajstić information content (AvgIpc) is 2.79. The molecule has 33 heavy (non-hydrogen) atoms. The Morgan fingerprint density at radius 3 is 2.33 bits per heavy atom. The van der Waals surface area contributed by atoms with Crippen molar-refractivity contribution in [2.24, 2.45) is 0 Å². The first-order valence-corrected chi connectivity index (χ1v) is 11.6. The molecule has 0 heterocycles. The minimum Gasteiger partial charge on any atom is -0.495 e. The van der Waals surface area contributed by atoms with Crippen LogP contribution in [-0.4, -0.2) is 45.2 Å². The minimum atomic E-state index is -3.88. The number of carbonyl (C=O) groups excluding carboxylic acids is 2. The molecule has 2 N–H and O–H groups in total. The summed E-state index contributed by atoms with van der Waals surface area (Å²) in [7, 11) is -1.06. The van der Waals surface area contributed by atoms with Gasteiger partial charge in [0.25, 0.3) is 5.91 Å². The first-order valence-electron chi connectivity index (χ1n) is 9.77. The van der Waals surface area contributed by atoms with Crippen molar-refractivity contribution in [3.63, 3.8) is 0 Å². The van der Waals surface area contributed by atoms with Crippen LogP contribution in [-0.2, 0) is 14.8 Å². The van der Waals surface area contributed by atoms with Crippen molar-refractivity contribution < 1.29 is 22.7 Å². The van der Waals surface area contributed by atoms with Crippen LogP contribution in [0.1, 0.15) is 10.4 Å². The Hall–Kier alpha value is -3.40. The number of para-hydroxylation sites is 2. The predicted molar refractivity (Wildman–Crippen MR) is 127 cm³/mol. The molecule has 3 rings (SSSR count). The number of amides is 2. The Morgan fingerprint density at radius 1 is 0.970 bits per heavy atom. The van der Waals surface area contributed by atoms with Crippen molar-refractivity contribution in [2.45, 2.75) is 4.90 Å². The van der Waals surface area contributed by atoms with Gasteiger partial charge >= 0.3 is 0 Å². The first-order chi connectivity index (χ1) is 15.7. The predicted octanol–water partition coefficient (Wildman–Crippen LogP) is 3.86. The van der Waals surface area contributed by atoms with Gasteiger partial charge in [-0.15, -0.1) is 0 Å². The lowest BCUT2D eigenvalue weighted by molar-refractivity contribution is -0.116. The van der Waals surface area contributed by atoms with Crippen molar-refractivity contribution in [3.05, 3.63) is 83.4 Å². The Bertz CT molecular complexity index is 1260. The molecule has 0 radical (unpaired) electrons. The summed E-state index contributed by atoms with van der Waals surface area (Å²) >= 11 is 5.87. The Morgan fingerprint density at radius 2 is 1.67 bits per heavy atom. The zero-order chi connectivity index (χ0) is 24.0. The van der Waals surface area contributed by atoms with Gasteiger partial charge in [-0.05, 0) is 54.6 Å². The van der Waals surface area contributed by atoms with E-state index in [1.807, 2.05) is 0 Å². The van der Waals surface area contributed by atoms with Crippen LogP contribution in [0.25, 0.3) is 0 Å². The van der Waals surface area contributed by atoms with Crippen LogP contribution in [0.5, 0.6) is 5.75 Å². The lowest BCUT2D eigenvalue weighted by Crippen LogP contribution is -2.35. The van der Waals surface area contributed by atoms with Gasteiger partial charge in [0.05, 0.1) is 24.2 Å². The number of carbonyl (C=O) groups is 2. The van der Waals surface area contributed by atoms with E-state index in [0.717, 1.165) is 4.31 Å². The van der Waals surface area contributed by atoms with Gasteiger partial charge in [-0.3, -0.25) is 9.59 Å². The maximum absolute atomic E-state index is 12.6. The molecule has 0 aliphatic heterocycles. The topological polar surface area (TPSA) is 105 Å². The zero-order valence-electron chi connectivity index (χ0n) is 17.9. The number of nitrogens with one attached hydrogen (secondary N) is 2. The second kappa shape index (κ2) is 10.5. The number of rotatable bonds is 8. The molecule has 0 bridgehead atoms. The molecule has 0 aromatic heterocycles. The number of hydrogen-bond acceptors (Lipinski definition) is 5. The van der Waals surface area contributed by atoms with E-state index in [1.165, 1.54) is 32.4 Å². The van der Waals surface area contributed by atoms with E-state index in [9.17, 15) is 18.0 Å². The molecule has 3 aromatic carbocycles. The van der Waals surface area contributed by atoms with Gasteiger partial charge in [0.15, 0.2) is 0 Å². The van der Waals surface area contributed by atoms with Gasteiger partial charge in [-0.2, -0.15) is 4.31 Å². The fraction of sp³-hybridized carbons (Fsp3) is 0.130. The summed E-state index contributed by atoms with van der Waals surface area (Å²) in [6.45, 7) is -0.398. The summed E-state index contributed by atoms with van der Waals surface area (Å²) in [5.74, 6) is -0.342. The smallest absolute Gasteiger partial charge is 0.255 e. The summed E-state index contributed by atoms with van der Waals surface area (Å²) in [5, 5.41) is 5.67. The lowest BCUT2D eigenvalue weighted by Gasteiger charge is -2.17. The number of nitrogens with zero attached hydrogens (tertiary/aromatic N) is 1. The number of anilines is 2. The highest BCUT2D eigenvalue weighted by atomic mass is 35.5. The number of halogens is 1. The maximum atomic E-state index is 12.6. The quantitative estimate of drug-likeness (QED) is 0.502. The molecule has 8 nitrogen and oxygen atoms in total. The van der Waals surface area contributed by atoms with Crippen LogP contribution < -0.4 is 15.4 Å². The number of likely N-dealkylation sites (N-methyl/N-ethyl adjacent to an activating group) is 1. The van der Waals surface area contributed by atoms with Crippen molar-refractivity contribution >= 4 is 44.8 Å². The van der Waals surface area contributed by atoms with E-state index in [4.69, 9.17) is 16.3 Å². The van der Waals surface area contributed by atoms with E-state index >= 15 is 0 Å². The van der Waals surface area contributed by atoms with E-state index in [0.29, 0.717) is 22.7 Å². The molecule has 0 saturated heterocycles. The summed E-state index contributed by atoms with van der Waals surface area (Å²) in [6, 6.07) is 19.1. The zero-order valence-corrected chi connectivity index (χ0v) is 19.5. The van der Waals surface area contributed by atoms with Crippen LogP contribution in [0.2, 0.25) is 5.02 Å². The normalized spacial score (nSPS) is 11.2. The van der Waals surface area contributed by atoms with Crippen LogP contribution in [0.4, 0.5) is 11.4 Å². The Balaban J connectivity index is 1.61. The van der Waals surface area contributed by atoms with Crippen LogP contribution in [0, 0.1) is 0 Å². The maximum Gasteiger partial charge on any atom is 0.255 e. The molecule has 10 heteroatoms. The fourth-order valence-corrected chi connectivity index (χ4v) is 4.37. The second-order valence-electron chi connectivity index (χ2n) is 7.00. The third-order valence-electron chi connectivity index (χ3n) is 4.66. The monoisotopic (exact) mass is 487 g/mol. The van der Waals surface area contributed by atoms with Gasteiger partial charge < -0.3 is 15.4 Å². The highest BCUT2D eigenvalue weighted by Gasteiger charge is 2.23. The van der Waals surface area contributed by atoms with Crippen LogP contribution >= 0.6 is 11.6 Å². The largest absolute Gasteiger partial charge is 0.495 e. The number of sulfonamides is 1. The molecule has 0 saturated carbocycles. The highest BCUT2D eigenvalue weighted by molar-refractivity contribution is 7.89. The molecule has 0 aliphatic rings. The summed E-state index contributed by atoms with van der Waals surface area (Å²) in [4.78, 5) is 24.9. The lowest BCUT2D eigenvalue weighted by atomic mass is 10.2. The van der Waals surface area contributed by atoms with Gasteiger partial charge in [0.2, 0.25) is 15.9 Å². The van der Waals surface area contributed by atoms with Crippen LogP contribution in [0.3, 0.4) is 0 Å². The van der Waals surface area contributed by atoms with E-state index in [2.05, 4.69) is 10.6 Å². The molecule has 0 spiro atoms. The van der Waals surface area contributed by atoms with Gasteiger partial charge in [0.1, 0.15) is 5.75 Å². The third-order valence-corrected chi connectivity index (χ3v) is 6.69. The molecule has 0 atom stereocenters. The molecule has 3 aromatic rings. The molecular weight excluding hydrogens is 466 g/mol. The Kier molecular flexibility index (Phi) is 7.70. The average molecular weight is 488 g/mol. The van der Waals surface area contributed by atoms with Gasteiger partial charge in [-0.1, -0.05) is 29.8 Å². The SMILES string of the molecule is COc1ccccc1NC(=O)c1ccc(NC(=O)CN(C)S(=O)(=O)c2cccc(Cl)c2)cc1. The van der Waals surface area contributed by atoms with Crippen molar-refractivity contribution in [3.8, 4) is 5.75 Å². The molecule has 0 aliphatic carbocycles. The Labute approximate surface area is 197 Å². The van der Waals surface area contributed by atoms with E-state index in [1.54, 1.807) is 54.6 Å². The summed E-state index contributed by atoms with van der Waals surface area (Å²) in [6.07, 6.45) is 0. The molecule has 172 valence electrons. The fourth-order valence-electron chi connectivity index (χ4n) is 2.94. The van der Waals surface area contributed by atoms with E-state index in [-0.39, 0.29) is 15.8 Å². The summed E-state index contributed by atoms with van der Waals surface area (Å²) < 4.78 is 31.4. The van der Waals surface area contributed by atoms with Crippen molar-refractivity contribution in [2.75, 3.05) is 31.3 Å². The molecular formula is C23H22ClN3O5S. The number of benzene rings is 3. The van der Waals surface area contributed by atoms with Crippen molar-refractivity contribution in [1.82, 2.24) is 4.31 Å². The summed E-state index contributed by atoms with van der Waals surface area (Å²) in [5.41, 5.74) is 1.33. The minimum absolute atomic E-state index is 0.00397. The highest BCUT2D eigenvalue weighted by Crippen LogP contribution is 2.24. The molecule has 0 unspecified atom stereocenters. The standard InChI is InChI=1S/C23H22ClN3O5S/c1-27(33(30,31)19-7-5-6-17(24)14-19)15-22(28)25-18-12-10-16(11-13-18)23(29)26-20-8-3-4-9-21(20)32-2/h3-14H,15H2,1-2H3,(H,25,28)(H,26,29).